The van der Waals surface area contributed by atoms with Crippen LogP contribution >= 0.6 is 51.8 Å². The number of halogens is 2. The molecular weight excluding hydrogens is 538 g/mol. The van der Waals surface area contributed by atoms with Crippen LogP contribution in [0.5, 0.6) is 0 Å². The third-order valence-electron chi connectivity index (χ3n) is 4.72. The third-order valence-corrected chi connectivity index (χ3v) is 7.84. The fraction of sp³-hybridized carbons (Fsp3) is 0.211. The number of pyridine rings is 1. The number of anilines is 2. The average molecular weight is 557 g/mol. The largest absolute Gasteiger partial charge is 0.353 e. The normalized spacial score (nSPS) is 11.8. The molecule has 3 aromatic heterocycles. The van der Waals surface area contributed by atoms with E-state index in [9.17, 15) is 0 Å². The highest BCUT2D eigenvalue weighted by Crippen LogP contribution is 2.37. The van der Waals surface area contributed by atoms with Crippen molar-refractivity contribution in [1.82, 2.24) is 24.1 Å². The lowest BCUT2D eigenvalue weighted by Crippen LogP contribution is -1.96. The van der Waals surface area contributed by atoms with E-state index in [2.05, 4.69) is 79.2 Å². The van der Waals surface area contributed by atoms with Crippen LogP contribution in [0.1, 0.15) is 11.5 Å². The van der Waals surface area contributed by atoms with Gasteiger partial charge in [-0.05, 0) is 60.3 Å². The van der Waals surface area contributed by atoms with Gasteiger partial charge in [0.25, 0.3) is 0 Å². The summed E-state index contributed by atoms with van der Waals surface area (Å²) in [5, 5.41) is 8.56. The summed E-state index contributed by atoms with van der Waals surface area (Å²) < 4.78 is 3.97. The highest BCUT2D eigenvalue weighted by atomic mass is 127. The molecule has 0 fully saturated rings. The van der Waals surface area contributed by atoms with Crippen LogP contribution in [-0.2, 0) is 7.05 Å². The van der Waals surface area contributed by atoms with Crippen LogP contribution in [0.25, 0.3) is 22.4 Å². The summed E-state index contributed by atoms with van der Waals surface area (Å²) in [5.41, 5.74) is 6.67. The molecule has 150 valence electrons. The molecule has 4 aromatic rings. The predicted octanol–water partition coefficient (Wildman–Crippen LogP) is 6.36. The smallest absolute Gasteiger partial charge is 0.167 e. The van der Waals surface area contributed by atoms with Crippen molar-refractivity contribution >= 4 is 74.3 Å². The molecule has 0 spiro atoms. The molecule has 0 saturated carbocycles. The van der Waals surface area contributed by atoms with E-state index in [0.717, 1.165) is 50.2 Å². The molecule has 0 aliphatic rings. The number of hydrogen-bond acceptors (Lipinski definition) is 5. The summed E-state index contributed by atoms with van der Waals surface area (Å²) in [6.07, 6.45) is 2.58. The Hall–Kier alpha value is -1.35. The van der Waals surface area contributed by atoms with Gasteiger partial charge in [-0.15, -0.1) is 11.8 Å². The van der Waals surface area contributed by atoms with E-state index in [1.807, 2.05) is 24.7 Å². The summed E-state index contributed by atoms with van der Waals surface area (Å²) in [6, 6.07) is 10.2. The van der Waals surface area contributed by atoms with Crippen LogP contribution in [0.15, 0.2) is 35.2 Å². The first-order chi connectivity index (χ1) is 13.9. The second-order valence-electron chi connectivity index (χ2n) is 6.58. The highest BCUT2D eigenvalue weighted by molar-refractivity contribution is 14.2. The summed E-state index contributed by atoms with van der Waals surface area (Å²) in [4.78, 5) is 10.3. The third kappa shape index (κ3) is 4.00. The molecule has 3 heterocycles. The first-order valence-corrected chi connectivity index (χ1v) is 14.5. The maximum Gasteiger partial charge on any atom is 0.167 e. The van der Waals surface area contributed by atoms with E-state index in [-0.39, 0.29) is 0 Å². The average Bonchev–Trinajstić information content (AvgIpc) is 3.20. The quantitative estimate of drug-likeness (QED) is 0.134. The zero-order valence-corrected chi connectivity index (χ0v) is 21.0. The minimum Gasteiger partial charge on any atom is -0.353 e. The lowest BCUT2D eigenvalue weighted by molar-refractivity contribution is 0.743. The molecule has 1 N–H and O–H groups in total. The minimum absolute atomic E-state index is 0.446. The lowest BCUT2D eigenvalue weighted by Gasteiger charge is -2.13. The van der Waals surface area contributed by atoms with Gasteiger partial charge in [-0.2, -0.15) is 5.10 Å². The van der Waals surface area contributed by atoms with Crippen LogP contribution < -0.4 is 5.32 Å². The molecule has 4 rings (SSSR count). The Kier molecular flexibility index (Phi) is 6.06. The predicted molar refractivity (Wildman–Crippen MR) is 133 cm³/mol. The van der Waals surface area contributed by atoms with Gasteiger partial charge in [0.2, 0.25) is 0 Å². The molecule has 0 radical (unpaired) electrons. The summed E-state index contributed by atoms with van der Waals surface area (Å²) in [6.45, 7) is 4.04. The van der Waals surface area contributed by atoms with E-state index in [1.54, 1.807) is 11.8 Å². The topological polar surface area (TPSA) is 60.6 Å². The molecule has 1 atom stereocenters. The maximum absolute atomic E-state index is 6.32. The molecule has 1 unspecified atom stereocenters. The monoisotopic (exact) mass is 556 g/mol. The molecule has 0 aliphatic heterocycles. The molecule has 29 heavy (non-hydrogen) atoms. The van der Waals surface area contributed by atoms with Crippen molar-refractivity contribution in [3.63, 3.8) is 0 Å². The minimum atomic E-state index is 0.446. The van der Waals surface area contributed by atoms with Gasteiger partial charge < -0.3 is 5.32 Å². The van der Waals surface area contributed by atoms with E-state index < -0.39 is 0 Å². The van der Waals surface area contributed by atoms with Gasteiger partial charge in [0.05, 0.1) is 23.4 Å². The van der Waals surface area contributed by atoms with Gasteiger partial charge in [0.1, 0.15) is 16.5 Å². The molecule has 1 aromatic carbocycles. The molecule has 0 bridgehead atoms. The second-order valence-corrected chi connectivity index (χ2v) is 9.88. The Morgan fingerprint density at radius 2 is 1.93 bits per heavy atom. The fourth-order valence-corrected chi connectivity index (χ4v) is 6.04. The molecule has 6 nitrogen and oxygen atoms in total. The number of thioether (sulfide) groups is 1. The number of nitrogens with zero attached hydrogens (tertiary/aromatic N) is 5. The molecule has 0 amide bonds. The van der Waals surface area contributed by atoms with Crippen molar-refractivity contribution in [3.8, 4) is 11.3 Å². The number of rotatable bonds is 5. The second kappa shape index (κ2) is 8.41. The standard InChI is InChI=1S/C19H19ClIN6PS/c1-10-7-14(25-26(10)3)12-5-6-13(16(8-12)29-4)23-15-9-17(20)24-19-18(15)22-11(2)27(19)28-21/h5-9,28H,1-4H3,(H,23,24). The van der Waals surface area contributed by atoms with Gasteiger partial charge in [-0.25, -0.2) is 9.97 Å². The van der Waals surface area contributed by atoms with Crippen LogP contribution in [-0.4, -0.2) is 30.3 Å². The maximum atomic E-state index is 6.32. The fourth-order valence-electron chi connectivity index (χ4n) is 3.12. The SMILES string of the molecule is CSc1cc(-c2cc(C)n(C)n2)ccc1Nc1cc(Cl)nc2c1nc(C)n2PI. The zero-order chi connectivity index (χ0) is 20.7. The Labute approximate surface area is 193 Å². The van der Waals surface area contributed by atoms with Gasteiger partial charge in [0, 0.05) is 29.3 Å². The number of hydrogen-bond donors (Lipinski definition) is 1. The van der Waals surface area contributed by atoms with E-state index in [1.165, 1.54) is 0 Å². The Morgan fingerprint density at radius 3 is 2.59 bits per heavy atom. The van der Waals surface area contributed by atoms with Crippen molar-refractivity contribution in [2.45, 2.75) is 18.7 Å². The van der Waals surface area contributed by atoms with Gasteiger partial charge >= 0.3 is 0 Å². The van der Waals surface area contributed by atoms with Crippen LogP contribution in [0.2, 0.25) is 5.15 Å². The van der Waals surface area contributed by atoms with Crippen LogP contribution in [0.4, 0.5) is 11.4 Å². The van der Waals surface area contributed by atoms with Crippen LogP contribution in [0, 0.1) is 13.8 Å². The van der Waals surface area contributed by atoms with E-state index in [4.69, 9.17) is 16.6 Å². The van der Waals surface area contributed by atoms with Gasteiger partial charge in [-0.3, -0.25) is 9.02 Å². The first kappa shape index (κ1) is 20.9. The van der Waals surface area contributed by atoms with Crippen molar-refractivity contribution < 1.29 is 0 Å². The Bertz CT molecular complexity index is 1200. The first-order valence-electron chi connectivity index (χ1n) is 8.79. The van der Waals surface area contributed by atoms with Crippen molar-refractivity contribution in [1.29, 1.82) is 0 Å². The van der Waals surface area contributed by atoms with Gasteiger partial charge in [0.15, 0.2) is 5.65 Å². The highest BCUT2D eigenvalue weighted by Gasteiger charge is 2.16. The van der Waals surface area contributed by atoms with Crippen molar-refractivity contribution in [3.05, 3.63) is 47.0 Å². The zero-order valence-electron chi connectivity index (χ0n) is 16.3. The summed E-state index contributed by atoms with van der Waals surface area (Å²) in [5.74, 6) is 0.927. The summed E-state index contributed by atoms with van der Waals surface area (Å²) >= 11 is 10.3. The number of aryl methyl sites for hydroxylation is 3. The van der Waals surface area contributed by atoms with Gasteiger partial charge in [-0.1, -0.05) is 17.7 Å². The Balaban J connectivity index is 1.76. The Morgan fingerprint density at radius 1 is 1.14 bits per heavy atom. The molecule has 0 saturated heterocycles. The molecular formula is C19H19ClIN6PS. The van der Waals surface area contributed by atoms with E-state index >= 15 is 0 Å². The summed E-state index contributed by atoms with van der Waals surface area (Å²) in [7, 11) is 1.96. The molecule has 0 aliphatic carbocycles. The number of imidazole rings is 1. The number of fused-ring (bicyclic) bond motifs is 1. The van der Waals surface area contributed by atoms with E-state index in [0.29, 0.717) is 11.5 Å². The van der Waals surface area contributed by atoms with Crippen molar-refractivity contribution in [2.24, 2.45) is 7.05 Å². The lowest BCUT2D eigenvalue weighted by atomic mass is 10.1. The number of aromatic nitrogens is 5. The molecule has 10 heteroatoms. The van der Waals surface area contributed by atoms with Crippen molar-refractivity contribution in [2.75, 3.05) is 11.6 Å². The van der Waals surface area contributed by atoms with Crippen LogP contribution in [0.3, 0.4) is 0 Å². The number of benzene rings is 1. The number of nitrogens with one attached hydrogen (secondary N) is 1.